The highest BCUT2D eigenvalue weighted by molar-refractivity contribution is 6.00. The first-order valence-corrected chi connectivity index (χ1v) is 7.48. The van der Waals surface area contributed by atoms with E-state index in [0.717, 1.165) is 6.07 Å². The van der Waals surface area contributed by atoms with E-state index in [4.69, 9.17) is 4.52 Å². The van der Waals surface area contributed by atoms with Gasteiger partial charge in [0.05, 0.1) is 11.3 Å². The van der Waals surface area contributed by atoms with Crippen LogP contribution >= 0.6 is 0 Å². The second-order valence-corrected chi connectivity index (χ2v) is 5.34. The number of urea groups is 1. The second kappa shape index (κ2) is 6.87. The first kappa shape index (κ1) is 17.5. The highest BCUT2D eigenvalue weighted by Crippen LogP contribution is 2.34. The van der Waals surface area contributed by atoms with Crippen LogP contribution in [0.1, 0.15) is 11.5 Å². The Morgan fingerprint density at radius 3 is 2.35 bits per heavy atom. The van der Waals surface area contributed by atoms with Crippen LogP contribution in [0.25, 0.3) is 11.4 Å². The Morgan fingerprint density at radius 2 is 1.73 bits per heavy atom. The number of alkyl halides is 3. The molecule has 0 aliphatic rings. The highest BCUT2D eigenvalue weighted by Gasteiger charge is 2.33. The molecule has 134 valence electrons. The predicted octanol–water partition coefficient (Wildman–Crippen LogP) is 4.71. The fourth-order valence-electron chi connectivity index (χ4n) is 2.24. The summed E-state index contributed by atoms with van der Waals surface area (Å²) in [6.45, 7) is 1.66. The molecule has 26 heavy (non-hydrogen) atoms. The fraction of sp³-hybridized carbons (Fsp3) is 0.118. The Morgan fingerprint density at radius 1 is 1.04 bits per heavy atom. The summed E-state index contributed by atoms with van der Waals surface area (Å²) in [5.41, 5.74) is -0.166. The molecule has 2 aromatic carbocycles. The molecule has 0 saturated heterocycles. The Hall–Kier alpha value is -3.36. The number of hydrogen-bond acceptors (Lipinski definition) is 4. The van der Waals surface area contributed by atoms with E-state index in [1.54, 1.807) is 31.2 Å². The summed E-state index contributed by atoms with van der Waals surface area (Å²) in [4.78, 5) is 16.1. The van der Waals surface area contributed by atoms with Crippen LogP contribution in [-0.4, -0.2) is 16.2 Å². The average molecular weight is 362 g/mol. The molecular weight excluding hydrogens is 349 g/mol. The van der Waals surface area contributed by atoms with Gasteiger partial charge in [-0.05, 0) is 36.4 Å². The molecule has 3 aromatic rings. The number of aromatic nitrogens is 2. The van der Waals surface area contributed by atoms with Crippen LogP contribution in [0.5, 0.6) is 0 Å². The quantitative estimate of drug-likeness (QED) is 0.707. The maximum atomic E-state index is 12.9. The van der Waals surface area contributed by atoms with Crippen molar-refractivity contribution in [3.63, 3.8) is 0 Å². The molecule has 6 nitrogen and oxygen atoms in total. The van der Waals surface area contributed by atoms with E-state index in [9.17, 15) is 18.0 Å². The smallest absolute Gasteiger partial charge is 0.339 e. The van der Waals surface area contributed by atoms with E-state index >= 15 is 0 Å². The number of amides is 2. The first-order chi connectivity index (χ1) is 12.3. The SMILES string of the molecule is Cc1nc(-c2ccc(NC(=O)Nc3ccccc3C(F)(F)F)cc2)no1. The minimum absolute atomic E-state index is 0.323. The molecule has 0 unspecified atom stereocenters. The van der Waals surface area contributed by atoms with Gasteiger partial charge in [-0.25, -0.2) is 4.79 Å². The van der Waals surface area contributed by atoms with Gasteiger partial charge in [-0.1, -0.05) is 17.3 Å². The van der Waals surface area contributed by atoms with Crippen LogP contribution in [0, 0.1) is 6.92 Å². The van der Waals surface area contributed by atoms with Crippen LogP contribution in [0.3, 0.4) is 0 Å². The van der Waals surface area contributed by atoms with Crippen LogP contribution in [-0.2, 0) is 6.18 Å². The van der Waals surface area contributed by atoms with Crippen molar-refractivity contribution in [1.82, 2.24) is 10.1 Å². The molecule has 2 N–H and O–H groups in total. The first-order valence-electron chi connectivity index (χ1n) is 7.48. The van der Waals surface area contributed by atoms with Crippen LogP contribution in [0.4, 0.5) is 29.3 Å². The molecule has 9 heteroatoms. The third kappa shape index (κ3) is 4.00. The summed E-state index contributed by atoms with van der Waals surface area (Å²) < 4.78 is 43.7. The lowest BCUT2D eigenvalue weighted by molar-refractivity contribution is -0.136. The third-order valence-electron chi connectivity index (χ3n) is 3.41. The van der Waals surface area contributed by atoms with Crippen LogP contribution in [0.2, 0.25) is 0 Å². The van der Waals surface area contributed by atoms with Gasteiger partial charge < -0.3 is 15.2 Å². The van der Waals surface area contributed by atoms with E-state index in [0.29, 0.717) is 23.0 Å². The van der Waals surface area contributed by atoms with Crippen molar-refractivity contribution < 1.29 is 22.5 Å². The standard InChI is InChI=1S/C17H13F3N4O2/c1-10-21-15(24-26-10)11-6-8-12(9-7-11)22-16(25)23-14-5-3-2-4-13(14)17(18,19)20/h2-9H,1H3,(H2,22,23,25). The number of aryl methyl sites for hydroxylation is 1. The average Bonchev–Trinajstić information content (AvgIpc) is 3.01. The molecule has 0 atom stereocenters. The maximum absolute atomic E-state index is 12.9. The number of nitrogens with zero attached hydrogens (tertiary/aromatic N) is 2. The van der Waals surface area contributed by atoms with Crippen molar-refractivity contribution in [3.05, 3.63) is 60.0 Å². The zero-order valence-electron chi connectivity index (χ0n) is 13.5. The fourth-order valence-corrected chi connectivity index (χ4v) is 2.24. The molecule has 3 rings (SSSR count). The number of rotatable bonds is 3. The van der Waals surface area contributed by atoms with Gasteiger partial charge in [0, 0.05) is 18.2 Å². The van der Waals surface area contributed by atoms with Gasteiger partial charge in [0.1, 0.15) is 0 Å². The molecular formula is C17H13F3N4O2. The maximum Gasteiger partial charge on any atom is 0.418 e. The lowest BCUT2D eigenvalue weighted by Gasteiger charge is -2.14. The van der Waals surface area contributed by atoms with E-state index in [1.807, 2.05) is 0 Å². The number of halogens is 3. The summed E-state index contributed by atoms with van der Waals surface area (Å²) in [7, 11) is 0. The van der Waals surface area contributed by atoms with Crippen LogP contribution in [0.15, 0.2) is 53.1 Å². The van der Waals surface area contributed by atoms with Gasteiger partial charge in [0.2, 0.25) is 11.7 Å². The molecule has 1 heterocycles. The summed E-state index contributed by atoms with van der Waals surface area (Å²) >= 11 is 0. The number of hydrogen-bond donors (Lipinski definition) is 2. The molecule has 0 radical (unpaired) electrons. The Bertz CT molecular complexity index is 920. The molecule has 0 fully saturated rings. The zero-order valence-corrected chi connectivity index (χ0v) is 13.5. The topological polar surface area (TPSA) is 80.0 Å². The summed E-state index contributed by atoms with van der Waals surface area (Å²) in [6.07, 6.45) is -4.56. The summed E-state index contributed by atoms with van der Waals surface area (Å²) in [5.74, 6) is 0.822. The van der Waals surface area contributed by atoms with Gasteiger partial charge in [-0.3, -0.25) is 0 Å². The van der Waals surface area contributed by atoms with Crippen molar-refractivity contribution in [1.29, 1.82) is 0 Å². The molecule has 0 saturated carbocycles. The number of benzene rings is 2. The van der Waals surface area contributed by atoms with E-state index in [2.05, 4.69) is 20.8 Å². The summed E-state index contributed by atoms with van der Waals surface area (Å²) in [5, 5.41) is 8.45. The van der Waals surface area contributed by atoms with Gasteiger partial charge in [0.25, 0.3) is 0 Å². The number of nitrogens with one attached hydrogen (secondary N) is 2. The lowest BCUT2D eigenvalue weighted by atomic mass is 10.1. The van der Waals surface area contributed by atoms with Crippen molar-refractivity contribution >= 4 is 17.4 Å². The van der Waals surface area contributed by atoms with Gasteiger partial charge in [-0.15, -0.1) is 0 Å². The highest BCUT2D eigenvalue weighted by atomic mass is 19.4. The zero-order chi connectivity index (χ0) is 18.7. The molecule has 0 aliphatic heterocycles. The van der Waals surface area contributed by atoms with E-state index < -0.39 is 17.8 Å². The second-order valence-electron chi connectivity index (χ2n) is 5.34. The minimum atomic E-state index is -4.56. The largest absolute Gasteiger partial charge is 0.418 e. The minimum Gasteiger partial charge on any atom is -0.339 e. The van der Waals surface area contributed by atoms with Gasteiger partial charge in [-0.2, -0.15) is 18.2 Å². The number of carbonyl (C=O) groups is 1. The molecule has 0 aliphatic carbocycles. The Labute approximate surface area is 146 Å². The molecule has 0 spiro atoms. The Kier molecular flexibility index (Phi) is 4.61. The Balaban J connectivity index is 1.69. The summed E-state index contributed by atoms with van der Waals surface area (Å²) in [6, 6.07) is 10.4. The normalized spacial score (nSPS) is 11.2. The predicted molar refractivity (Wildman–Crippen MR) is 88.6 cm³/mol. The third-order valence-corrected chi connectivity index (χ3v) is 3.41. The van der Waals surface area contributed by atoms with Crippen molar-refractivity contribution in [2.75, 3.05) is 10.6 Å². The van der Waals surface area contributed by atoms with Gasteiger partial charge in [0.15, 0.2) is 0 Å². The van der Waals surface area contributed by atoms with E-state index in [-0.39, 0.29) is 5.69 Å². The van der Waals surface area contributed by atoms with Gasteiger partial charge >= 0.3 is 12.2 Å². The number of anilines is 2. The van der Waals surface area contributed by atoms with Crippen molar-refractivity contribution in [2.45, 2.75) is 13.1 Å². The molecule has 0 bridgehead atoms. The molecule has 2 amide bonds. The van der Waals surface area contributed by atoms with E-state index in [1.165, 1.54) is 18.2 Å². The number of para-hydroxylation sites is 1. The van der Waals surface area contributed by atoms with Crippen molar-refractivity contribution in [3.8, 4) is 11.4 Å². The monoisotopic (exact) mass is 362 g/mol. The number of carbonyl (C=O) groups excluding carboxylic acids is 1. The van der Waals surface area contributed by atoms with Crippen LogP contribution < -0.4 is 10.6 Å². The molecule has 1 aromatic heterocycles. The van der Waals surface area contributed by atoms with Crippen molar-refractivity contribution in [2.24, 2.45) is 0 Å². The lowest BCUT2D eigenvalue weighted by Crippen LogP contribution is -2.21.